The second-order valence-electron chi connectivity index (χ2n) is 8.13. The van der Waals surface area contributed by atoms with E-state index in [9.17, 15) is 17.6 Å². The fourth-order valence-electron chi connectivity index (χ4n) is 4.13. The minimum Gasteiger partial charge on any atom is -0.465 e. The average molecular weight is 477 g/mol. The number of piperidine rings is 1. The summed E-state index contributed by atoms with van der Waals surface area (Å²) in [5, 5.41) is 14.1. The first-order chi connectivity index (χ1) is 15.7. The van der Waals surface area contributed by atoms with Gasteiger partial charge in [0.05, 0.1) is 16.5 Å². The minimum atomic E-state index is -3.53. The fourth-order valence-corrected chi connectivity index (χ4v) is 4.77. The quantitative estimate of drug-likeness (QED) is 0.576. The maximum absolute atomic E-state index is 14.8. The number of carbonyl (C=O) groups is 1. The van der Waals surface area contributed by atoms with Gasteiger partial charge in [-0.25, -0.2) is 32.3 Å². The van der Waals surface area contributed by atoms with Crippen LogP contribution in [0.25, 0.3) is 16.7 Å². The van der Waals surface area contributed by atoms with E-state index in [4.69, 9.17) is 5.11 Å². The highest BCUT2D eigenvalue weighted by Gasteiger charge is 2.25. The van der Waals surface area contributed by atoms with Gasteiger partial charge in [0.1, 0.15) is 23.6 Å². The molecule has 0 atom stereocenters. The molecular formula is C21H25FN6O4S. The van der Waals surface area contributed by atoms with Crippen molar-refractivity contribution in [2.24, 2.45) is 5.92 Å². The number of anilines is 1. The number of likely N-dealkylation sites (tertiary alicyclic amines) is 1. The Morgan fingerprint density at radius 1 is 1.27 bits per heavy atom. The van der Waals surface area contributed by atoms with Gasteiger partial charge in [-0.3, -0.25) is 0 Å². The highest BCUT2D eigenvalue weighted by Crippen LogP contribution is 2.28. The molecule has 1 aromatic carbocycles. The first-order valence-electron chi connectivity index (χ1n) is 10.6. The van der Waals surface area contributed by atoms with Crippen molar-refractivity contribution in [2.45, 2.75) is 24.7 Å². The van der Waals surface area contributed by atoms with Crippen LogP contribution in [0.15, 0.2) is 35.6 Å². The first-order valence-corrected chi connectivity index (χ1v) is 12.5. The number of carboxylic acid groups (broad SMARTS) is 1. The third kappa shape index (κ3) is 4.61. The van der Waals surface area contributed by atoms with Crippen molar-refractivity contribution < 1.29 is 22.7 Å². The van der Waals surface area contributed by atoms with Crippen LogP contribution in [0.4, 0.5) is 15.0 Å². The summed E-state index contributed by atoms with van der Waals surface area (Å²) in [6.07, 6.45) is 4.65. The van der Waals surface area contributed by atoms with Gasteiger partial charge in [-0.2, -0.15) is 5.10 Å². The van der Waals surface area contributed by atoms with Gasteiger partial charge in [-0.15, -0.1) is 0 Å². The van der Waals surface area contributed by atoms with Gasteiger partial charge >= 0.3 is 6.09 Å². The minimum absolute atomic E-state index is 0.0890. The molecule has 0 unspecified atom stereocenters. The number of hydrogen-bond acceptors (Lipinski definition) is 7. The van der Waals surface area contributed by atoms with E-state index in [1.807, 2.05) is 6.92 Å². The highest BCUT2D eigenvalue weighted by atomic mass is 32.2. The number of halogens is 1. The standard InChI is InChI=1S/C21H25FN6O4S/c1-3-26(12-14-6-8-27(9-7-14)21(29)30)19-16-11-25-28(20(16)24-13-23-19)18-5-4-15(10-17(18)22)33(2,31)32/h4-5,10-11,13-14H,3,6-9,12H2,1-2H3,(H,29,30). The SMILES string of the molecule is CCN(CC1CCN(C(=O)O)CC1)c1ncnc2c1cnn2-c1ccc(S(C)(=O)=O)cc1F. The van der Waals surface area contributed by atoms with Crippen molar-refractivity contribution in [2.75, 3.05) is 37.3 Å². The molecule has 1 amide bonds. The van der Waals surface area contributed by atoms with Crippen LogP contribution < -0.4 is 4.90 Å². The van der Waals surface area contributed by atoms with Gasteiger partial charge in [0.25, 0.3) is 0 Å². The second-order valence-corrected chi connectivity index (χ2v) is 10.1. The van der Waals surface area contributed by atoms with Gasteiger partial charge in [0.2, 0.25) is 0 Å². The van der Waals surface area contributed by atoms with Crippen LogP contribution in [-0.2, 0) is 9.84 Å². The topological polar surface area (TPSA) is 122 Å². The summed E-state index contributed by atoms with van der Waals surface area (Å²) >= 11 is 0. The van der Waals surface area contributed by atoms with Gasteiger partial charge in [0.15, 0.2) is 15.5 Å². The lowest BCUT2D eigenvalue weighted by atomic mass is 9.96. The molecule has 3 heterocycles. The molecule has 1 saturated heterocycles. The Morgan fingerprint density at radius 2 is 2.00 bits per heavy atom. The molecule has 0 spiro atoms. The van der Waals surface area contributed by atoms with E-state index >= 15 is 0 Å². The Hall–Kier alpha value is -3.28. The number of amides is 1. The molecule has 33 heavy (non-hydrogen) atoms. The normalized spacial score (nSPS) is 15.2. The average Bonchev–Trinajstić information content (AvgIpc) is 3.21. The zero-order chi connectivity index (χ0) is 23.8. The summed E-state index contributed by atoms with van der Waals surface area (Å²) in [6.45, 7) is 4.41. The van der Waals surface area contributed by atoms with E-state index in [-0.39, 0.29) is 10.6 Å². The predicted octanol–water partition coefficient (Wildman–Crippen LogP) is 2.57. The van der Waals surface area contributed by atoms with E-state index in [0.717, 1.165) is 25.2 Å². The first kappa shape index (κ1) is 22.9. The molecule has 12 heteroatoms. The Kier molecular flexibility index (Phi) is 6.19. The van der Waals surface area contributed by atoms with Gasteiger partial charge in [0, 0.05) is 32.4 Å². The number of fused-ring (bicyclic) bond motifs is 1. The molecule has 4 rings (SSSR count). The summed E-state index contributed by atoms with van der Waals surface area (Å²) in [7, 11) is -3.53. The molecule has 1 fully saturated rings. The Labute approximate surface area is 190 Å². The Balaban J connectivity index is 1.63. The zero-order valence-electron chi connectivity index (χ0n) is 18.3. The van der Waals surface area contributed by atoms with Crippen molar-refractivity contribution >= 4 is 32.8 Å². The van der Waals surface area contributed by atoms with Crippen LogP contribution in [-0.4, -0.2) is 76.7 Å². The fraction of sp³-hybridized carbons (Fsp3) is 0.429. The van der Waals surface area contributed by atoms with Crippen molar-refractivity contribution in [1.29, 1.82) is 0 Å². The molecule has 1 aliphatic heterocycles. The van der Waals surface area contributed by atoms with Crippen molar-refractivity contribution in [1.82, 2.24) is 24.6 Å². The molecule has 0 bridgehead atoms. The predicted molar refractivity (Wildman–Crippen MR) is 120 cm³/mol. The van der Waals surface area contributed by atoms with Crippen LogP contribution in [0.1, 0.15) is 19.8 Å². The molecule has 0 radical (unpaired) electrons. The van der Waals surface area contributed by atoms with E-state index in [0.29, 0.717) is 48.9 Å². The number of nitrogens with zero attached hydrogens (tertiary/aromatic N) is 6. The lowest BCUT2D eigenvalue weighted by Gasteiger charge is -2.33. The van der Waals surface area contributed by atoms with Crippen molar-refractivity contribution in [3.05, 3.63) is 36.5 Å². The van der Waals surface area contributed by atoms with Crippen LogP contribution >= 0.6 is 0 Å². The van der Waals surface area contributed by atoms with E-state index < -0.39 is 21.7 Å². The van der Waals surface area contributed by atoms with E-state index in [1.54, 1.807) is 6.20 Å². The summed E-state index contributed by atoms with van der Waals surface area (Å²) in [5.74, 6) is 0.268. The smallest absolute Gasteiger partial charge is 0.407 e. The monoisotopic (exact) mass is 476 g/mol. The molecule has 0 saturated carbocycles. The second kappa shape index (κ2) is 8.93. The molecule has 2 aromatic heterocycles. The maximum Gasteiger partial charge on any atom is 0.407 e. The molecule has 176 valence electrons. The number of rotatable bonds is 6. The summed E-state index contributed by atoms with van der Waals surface area (Å²) < 4.78 is 39.5. The van der Waals surface area contributed by atoms with Crippen molar-refractivity contribution in [3.8, 4) is 5.69 Å². The summed E-state index contributed by atoms with van der Waals surface area (Å²) in [6, 6.07) is 3.68. The lowest BCUT2D eigenvalue weighted by molar-refractivity contribution is 0.125. The number of hydrogen-bond donors (Lipinski definition) is 1. The van der Waals surface area contributed by atoms with Crippen LogP contribution in [0, 0.1) is 11.7 Å². The van der Waals surface area contributed by atoms with Crippen molar-refractivity contribution in [3.63, 3.8) is 0 Å². The summed E-state index contributed by atoms with van der Waals surface area (Å²) in [4.78, 5) is 23.3. The highest BCUT2D eigenvalue weighted by molar-refractivity contribution is 7.90. The van der Waals surface area contributed by atoms with Crippen LogP contribution in [0.3, 0.4) is 0 Å². The largest absolute Gasteiger partial charge is 0.465 e. The molecule has 1 N–H and O–H groups in total. The molecule has 10 nitrogen and oxygen atoms in total. The number of sulfone groups is 1. The molecule has 3 aromatic rings. The van der Waals surface area contributed by atoms with Gasteiger partial charge < -0.3 is 14.9 Å². The Morgan fingerprint density at radius 3 is 2.61 bits per heavy atom. The van der Waals surface area contributed by atoms with E-state index in [1.165, 1.54) is 28.0 Å². The molecule has 0 aliphatic carbocycles. The Bertz CT molecular complexity index is 1290. The molecule has 1 aliphatic rings. The van der Waals surface area contributed by atoms with Gasteiger partial charge in [-0.05, 0) is 43.9 Å². The lowest BCUT2D eigenvalue weighted by Crippen LogP contribution is -2.41. The zero-order valence-corrected chi connectivity index (χ0v) is 19.2. The number of aromatic nitrogens is 4. The third-order valence-corrected chi connectivity index (χ3v) is 7.08. The van der Waals surface area contributed by atoms with Gasteiger partial charge in [-0.1, -0.05) is 0 Å². The third-order valence-electron chi connectivity index (χ3n) is 5.97. The molecular weight excluding hydrogens is 451 g/mol. The number of benzene rings is 1. The summed E-state index contributed by atoms with van der Waals surface area (Å²) in [5.41, 5.74) is 0.497. The maximum atomic E-state index is 14.8. The van der Waals surface area contributed by atoms with E-state index in [2.05, 4.69) is 20.0 Å². The van der Waals surface area contributed by atoms with Crippen LogP contribution in [0.2, 0.25) is 0 Å². The van der Waals surface area contributed by atoms with Crippen LogP contribution in [0.5, 0.6) is 0 Å².